The van der Waals surface area contributed by atoms with Crippen LogP contribution in [0.5, 0.6) is 0 Å². The van der Waals surface area contributed by atoms with Gasteiger partial charge < -0.3 is 4.90 Å². The molecule has 1 N–H and O–H groups in total. The van der Waals surface area contributed by atoms with Gasteiger partial charge in [-0.2, -0.15) is 5.48 Å². The number of nitrogens with zero attached hydrogens (tertiary/aromatic N) is 1. The van der Waals surface area contributed by atoms with Crippen molar-refractivity contribution < 1.29 is 4.84 Å². The summed E-state index contributed by atoms with van der Waals surface area (Å²) in [5, 5.41) is 0. The molecule has 2 aliphatic heterocycles. The molecule has 76 valence electrons. The number of rotatable bonds is 3. The Morgan fingerprint density at radius 1 is 1.31 bits per heavy atom. The van der Waals surface area contributed by atoms with Crippen molar-refractivity contribution in [1.29, 1.82) is 0 Å². The lowest BCUT2D eigenvalue weighted by Gasteiger charge is -2.31. The molecule has 0 saturated carbocycles. The van der Waals surface area contributed by atoms with Gasteiger partial charge in [-0.25, -0.2) is 0 Å². The van der Waals surface area contributed by atoms with Gasteiger partial charge in [0.1, 0.15) is 0 Å². The van der Waals surface area contributed by atoms with E-state index in [1.54, 1.807) is 0 Å². The van der Waals surface area contributed by atoms with Gasteiger partial charge >= 0.3 is 0 Å². The summed E-state index contributed by atoms with van der Waals surface area (Å²) >= 11 is 0. The van der Waals surface area contributed by atoms with Crippen molar-refractivity contribution in [1.82, 2.24) is 10.4 Å². The molecular formula is C10H20N2O. The lowest BCUT2D eigenvalue weighted by molar-refractivity contribution is -0.0439. The van der Waals surface area contributed by atoms with Crippen LogP contribution in [0.2, 0.25) is 0 Å². The maximum Gasteiger partial charge on any atom is 0.0734 e. The van der Waals surface area contributed by atoms with Gasteiger partial charge in [0.25, 0.3) is 0 Å². The first-order valence-electron chi connectivity index (χ1n) is 5.39. The zero-order chi connectivity index (χ0) is 9.26. The molecule has 3 nitrogen and oxygen atoms in total. The number of hydroxylamine groups is 1. The van der Waals surface area contributed by atoms with Crippen molar-refractivity contribution >= 4 is 0 Å². The second-order valence-electron chi connectivity index (χ2n) is 4.53. The summed E-state index contributed by atoms with van der Waals surface area (Å²) in [6, 6.07) is 0.598. The molecule has 0 aromatic rings. The van der Waals surface area contributed by atoms with E-state index in [0.29, 0.717) is 12.1 Å². The van der Waals surface area contributed by atoms with Crippen LogP contribution in [-0.2, 0) is 4.84 Å². The molecule has 0 radical (unpaired) electrons. The third kappa shape index (κ3) is 2.22. The molecule has 2 rings (SSSR count). The molecule has 3 heteroatoms. The minimum Gasteiger partial charge on any atom is -0.303 e. The minimum atomic E-state index is 0.291. The van der Waals surface area contributed by atoms with Crippen LogP contribution >= 0.6 is 0 Å². The highest BCUT2D eigenvalue weighted by Gasteiger charge is 2.34. The van der Waals surface area contributed by atoms with E-state index in [1.165, 1.54) is 32.5 Å². The first-order valence-corrected chi connectivity index (χ1v) is 5.39. The van der Waals surface area contributed by atoms with Gasteiger partial charge in [0.15, 0.2) is 0 Å². The fourth-order valence-electron chi connectivity index (χ4n) is 2.33. The van der Waals surface area contributed by atoms with Crippen LogP contribution in [0, 0.1) is 5.92 Å². The Bertz CT molecular complexity index is 172. The minimum absolute atomic E-state index is 0.291. The Labute approximate surface area is 80.4 Å². The summed E-state index contributed by atoms with van der Waals surface area (Å²) in [6.07, 6.45) is 2.88. The fourth-order valence-corrected chi connectivity index (χ4v) is 2.33. The molecule has 0 aliphatic carbocycles. The van der Waals surface area contributed by atoms with Gasteiger partial charge in [-0.15, -0.1) is 0 Å². The predicted octanol–water partition coefficient (Wildman–Crippen LogP) is 1.01. The van der Waals surface area contributed by atoms with Crippen molar-refractivity contribution in [3.63, 3.8) is 0 Å². The second-order valence-corrected chi connectivity index (χ2v) is 4.53. The molecule has 2 fully saturated rings. The summed E-state index contributed by atoms with van der Waals surface area (Å²) in [5.74, 6) is 0.826. The molecule has 2 aliphatic rings. The number of hydrogen-bond donors (Lipinski definition) is 1. The fraction of sp³-hybridized carbons (Fsp3) is 1.00. The summed E-state index contributed by atoms with van der Waals surface area (Å²) < 4.78 is 0. The largest absolute Gasteiger partial charge is 0.303 e. The van der Waals surface area contributed by atoms with E-state index in [9.17, 15) is 0 Å². The van der Waals surface area contributed by atoms with Crippen molar-refractivity contribution in [3.8, 4) is 0 Å². The van der Waals surface area contributed by atoms with E-state index < -0.39 is 0 Å². The molecule has 0 aromatic heterocycles. The van der Waals surface area contributed by atoms with Crippen LogP contribution < -0.4 is 5.48 Å². The number of nitrogens with one attached hydrogen (secondary N) is 1. The highest BCUT2D eigenvalue weighted by Crippen LogP contribution is 2.26. The van der Waals surface area contributed by atoms with Gasteiger partial charge in [-0.3, -0.25) is 4.84 Å². The van der Waals surface area contributed by atoms with E-state index in [-0.39, 0.29) is 0 Å². The molecule has 3 atom stereocenters. The molecule has 13 heavy (non-hydrogen) atoms. The molecule has 0 spiro atoms. The van der Waals surface area contributed by atoms with Crippen LogP contribution in [0.4, 0.5) is 0 Å². The Morgan fingerprint density at radius 3 is 2.85 bits per heavy atom. The van der Waals surface area contributed by atoms with Crippen molar-refractivity contribution in [3.05, 3.63) is 0 Å². The number of piperidine rings is 1. The highest BCUT2D eigenvalue weighted by atomic mass is 16.7. The van der Waals surface area contributed by atoms with E-state index in [1.807, 2.05) is 0 Å². The lowest BCUT2D eigenvalue weighted by atomic mass is 9.95. The molecule has 2 bridgehead atoms. The zero-order valence-corrected chi connectivity index (χ0v) is 8.62. The van der Waals surface area contributed by atoms with E-state index in [2.05, 4.69) is 24.2 Å². The summed E-state index contributed by atoms with van der Waals surface area (Å²) in [5.41, 5.74) is 3.22. The Hall–Kier alpha value is -0.120. The predicted molar refractivity (Wildman–Crippen MR) is 52.3 cm³/mol. The average Bonchev–Trinajstić information content (AvgIpc) is 2.47. The first-order chi connectivity index (χ1) is 6.25. The van der Waals surface area contributed by atoms with E-state index in [0.717, 1.165) is 5.92 Å². The van der Waals surface area contributed by atoms with Crippen molar-refractivity contribution in [2.45, 2.75) is 38.8 Å². The lowest BCUT2D eigenvalue weighted by Crippen LogP contribution is -2.44. The second kappa shape index (κ2) is 3.95. The zero-order valence-electron chi connectivity index (χ0n) is 8.62. The Kier molecular flexibility index (Phi) is 2.86. The van der Waals surface area contributed by atoms with Crippen LogP contribution in [-0.4, -0.2) is 36.7 Å². The van der Waals surface area contributed by atoms with Gasteiger partial charge in [0, 0.05) is 12.6 Å². The normalized spacial score (nSPS) is 38.5. The molecule has 2 saturated heterocycles. The van der Waals surface area contributed by atoms with Gasteiger partial charge in [0.2, 0.25) is 0 Å². The topological polar surface area (TPSA) is 24.5 Å². The standard InChI is InChI=1S/C10H20N2O/c1-8(2)13-11-10-4-6-12-5-3-9(10)7-12/h8-11H,3-7H2,1-2H3. The number of hydrogen-bond acceptors (Lipinski definition) is 3. The molecule has 0 aromatic carbocycles. The van der Waals surface area contributed by atoms with Crippen molar-refractivity contribution in [2.24, 2.45) is 5.92 Å². The Balaban J connectivity index is 1.79. The van der Waals surface area contributed by atoms with Gasteiger partial charge in [0.05, 0.1) is 6.10 Å². The van der Waals surface area contributed by atoms with E-state index in [4.69, 9.17) is 4.84 Å². The summed E-state index contributed by atoms with van der Waals surface area (Å²) in [4.78, 5) is 8.02. The van der Waals surface area contributed by atoms with Crippen LogP contribution in [0.25, 0.3) is 0 Å². The van der Waals surface area contributed by atoms with Gasteiger partial charge in [-0.05, 0) is 45.7 Å². The smallest absolute Gasteiger partial charge is 0.0734 e. The van der Waals surface area contributed by atoms with Crippen LogP contribution in [0.15, 0.2) is 0 Å². The maximum absolute atomic E-state index is 5.46. The van der Waals surface area contributed by atoms with Crippen LogP contribution in [0.3, 0.4) is 0 Å². The third-order valence-electron chi connectivity index (χ3n) is 3.09. The molecule has 2 heterocycles. The highest BCUT2D eigenvalue weighted by molar-refractivity contribution is 4.89. The molecular weight excluding hydrogens is 164 g/mol. The van der Waals surface area contributed by atoms with Crippen LogP contribution in [0.1, 0.15) is 26.7 Å². The first kappa shape index (κ1) is 9.44. The maximum atomic E-state index is 5.46. The molecule has 0 amide bonds. The van der Waals surface area contributed by atoms with E-state index >= 15 is 0 Å². The summed E-state index contributed by atoms with van der Waals surface area (Å²) in [7, 11) is 0. The van der Waals surface area contributed by atoms with Gasteiger partial charge in [-0.1, -0.05) is 0 Å². The van der Waals surface area contributed by atoms with Crippen molar-refractivity contribution in [2.75, 3.05) is 19.6 Å². The summed E-state index contributed by atoms with van der Waals surface area (Å²) in [6.45, 7) is 7.95. The number of fused-ring (bicyclic) bond motifs is 2. The Morgan fingerprint density at radius 2 is 2.08 bits per heavy atom. The monoisotopic (exact) mass is 184 g/mol. The average molecular weight is 184 g/mol. The SMILES string of the molecule is CC(C)ONC1CCN2CCC1C2. The third-order valence-corrected chi connectivity index (χ3v) is 3.09. The quantitative estimate of drug-likeness (QED) is 0.663. The molecule has 3 unspecified atom stereocenters.